The number of esters is 1. The first-order valence-corrected chi connectivity index (χ1v) is 8.61. The Hall–Kier alpha value is -0.610. The van der Waals surface area contributed by atoms with Crippen molar-refractivity contribution in [2.75, 3.05) is 19.7 Å². The largest absolute Gasteiger partial charge is 0.457 e. The lowest BCUT2D eigenvalue weighted by Gasteiger charge is -2.55. The van der Waals surface area contributed by atoms with Gasteiger partial charge in [0.15, 0.2) is 5.72 Å². The van der Waals surface area contributed by atoms with Gasteiger partial charge in [0, 0.05) is 24.4 Å². The van der Waals surface area contributed by atoms with E-state index in [0.717, 1.165) is 19.7 Å². The van der Waals surface area contributed by atoms with Gasteiger partial charge in [-0.3, -0.25) is 9.69 Å². The summed E-state index contributed by atoms with van der Waals surface area (Å²) in [4.78, 5) is 15.1. The first-order valence-electron chi connectivity index (χ1n) is 8.61. The van der Waals surface area contributed by atoms with Crippen LogP contribution in [-0.4, -0.2) is 42.4 Å². The molecular formula is C17H25NO3. The monoisotopic (exact) mass is 291 g/mol. The number of carbonyl (C=O) groups is 1. The third-order valence-corrected chi connectivity index (χ3v) is 7.68. The lowest BCUT2D eigenvalue weighted by molar-refractivity contribution is -0.240. The van der Waals surface area contributed by atoms with Crippen molar-refractivity contribution >= 4 is 5.97 Å². The Morgan fingerprint density at radius 3 is 2.90 bits per heavy atom. The summed E-state index contributed by atoms with van der Waals surface area (Å²) < 4.78 is 12.4. The highest BCUT2D eigenvalue weighted by atomic mass is 16.6. The van der Waals surface area contributed by atoms with Gasteiger partial charge in [0.1, 0.15) is 6.10 Å². The topological polar surface area (TPSA) is 38.8 Å². The maximum absolute atomic E-state index is 12.6. The summed E-state index contributed by atoms with van der Waals surface area (Å²) in [5, 5.41) is 0. The normalized spacial score (nSPS) is 57.7. The highest BCUT2D eigenvalue weighted by molar-refractivity contribution is 5.77. The van der Waals surface area contributed by atoms with Crippen molar-refractivity contribution in [3.8, 4) is 0 Å². The van der Waals surface area contributed by atoms with Gasteiger partial charge in [-0.1, -0.05) is 20.8 Å². The zero-order chi connectivity index (χ0) is 14.6. The zero-order valence-electron chi connectivity index (χ0n) is 13.2. The van der Waals surface area contributed by atoms with Crippen molar-refractivity contribution < 1.29 is 14.3 Å². The Balaban J connectivity index is 1.75. The Labute approximate surface area is 126 Å². The number of fused-ring (bicyclic) bond motifs is 3. The minimum absolute atomic E-state index is 0.0538. The number of hydrogen-bond donors (Lipinski definition) is 0. The van der Waals surface area contributed by atoms with Crippen LogP contribution in [0.15, 0.2) is 0 Å². The molecule has 0 aromatic carbocycles. The lowest BCUT2D eigenvalue weighted by atomic mass is 9.53. The van der Waals surface area contributed by atoms with E-state index in [1.54, 1.807) is 0 Å². The van der Waals surface area contributed by atoms with E-state index < -0.39 is 0 Å². The lowest BCUT2D eigenvalue weighted by Crippen LogP contribution is -2.66. The summed E-state index contributed by atoms with van der Waals surface area (Å²) >= 11 is 0. The van der Waals surface area contributed by atoms with Crippen LogP contribution in [-0.2, 0) is 14.3 Å². The molecular weight excluding hydrogens is 266 g/mol. The predicted octanol–water partition coefficient (Wildman–Crippen LogP) is 1.89. The fourth-order valence-corrected chi connectivity index (χ4v) is 6.97. The van der Waals surface area contributed by atoms with Crippen molar-refractivity contribution in [2.24, 2.45) is 35.0 Å². The molecule has 3 heterocycles. The molecule has 5 unspecified atom stereocenters. The van der Waals surface area contributed by atoms with Crippen LogP contribution in [0.4, 0.5) is 0 Å². The van der Waals surface area contributed by atoms with Crippen LogP contribution in [0.25, 0.3) is 0 Å². The van der Waals surface area contributed by atoms with Crippen molar-refractivity contribution in [3.63, 3.8) is 0 Å². The Morgan fingerprint density at radius 1 is 1.33 bits per heavy atom. The molecule has 21 heavy (non-hydrogen) atoms. The quantitative estimate of drug-likeness (QED) is 0.692. The molecule has 116 valence electrons. The molecule has 5 fully saturated rings. The molecule has 0 aromatic rings. The van der Waals surface area contributed by atoms with Gasteiger partial charge in [-0.05, 0) is 30.6 Å². The zero-order valence-corrected chi connectivity index (χ0v) is 13.2. The van der Waals surface area contributed by atoms with Crippen molar-refractivity contribution in [1.82, 2.24) is 4.90 Å². The van der Waals surface area contributed by atoms with Gasteiger partial charge in [-0.15, -0.1) is 0 Å². The second-order valence-corrected chi connectivity index (χ2v) is 8.36. The summed E-state index contributed by atoms with van der Waals surface area (Å²) in [5.41, 5.74) is -0.215. The Bertz CT molecular complexity index is 520. The second kappa shape index (κ2) is 3.65. The van der Waals surface area contributed by atoms with Crippen molar-refractivity contribution in [3.05, 3.63) is 0 Å². The van der Waals surface area contributed by atoms with Crippen LogP contribution in [0, 0.1) is 35.0 Å². The maximum Gasteiger partial charge on any atom is 0.310 e. The van der Waals surface area contributed by atoms with Gasteiger partial charge < -0.3 is 9.47 Å². The minimum Gasteiger partial charge on any atom is -0.457 e. The fourth-order valence-electron chi connectivity index (χ4n) is 6.97. The molecule has 5 rings (SSSR count). The molecule has 2 aliphatic carbocycles. The van der Waals surface area contributed by atoms with Crippen LogP contribution in [0.1, 0.15) is 33.6 Å². The van der Waals surface area contributed by atoms with E-state index in [1.165, 1.54) is 12.8 Å². The first-order chi connectivity index (χ1) is 10.0. The molecule has 0 amide bonds. The van der Waals surface area contributed by atoms with Gasteiger partial charge in [0.2, 0.25) is 0 Å². The van der Waals surface area contributed by atoms with Gasteiger partial charge in [0.05, 0.1) is 12.5 Å². The summed E-state index contributed by atoms with van der Waals surface area (Å²) in [6, 6.07) is 0. The number of nitrogens with zero attached hydrogens (tertiary/aromatic N) is 1. The molecule has 2 bridgehead atoms. The highest BCUT2D eigenvalue weighted by Crippen LogP contribution is 2.72. The standard InChI is InChI=1S/C17H25NO3/c1-9(2)12-13-11-5-4-10-8-18-6-7-20-17(18,16(10,11)3)14(12)21-15(13)19/h9-14H,4-8H2,1-3H3/t10?,11?,12?,13?,14?,16-,17-/m0/s1. The smallest absolute Gasteiger partial charge is 0.310 e. The first kappa shape index (κ1) is 12.9. The van der Waals surface area contributed by atoms with Gasteiger partial charge in [-0.2, -0.15) is 0 Å². The van der Waals surface area contributed by atoms with Crippen molar-refractivity contribution in [2.45, 2.75) is 45.4 Å². The molecule has 3 saturated heterocycles. The molecule has 5 aliphatic rings. The highest BCUT2D eigenvalue weighted by Gasteiger charge is 2.81. The third-order valence-electron chi connectivity index (χ3n) is 7.68. The Morgan fingerprint density at radius 2 is 2.14 bits per heavy atom. The van der Waals surface area contributed by atoms with E-state index in [1.807, 2.05) is 0 Å². The van der Waals surface area contributed by atoms with E-state index in [4.69, 9.17) is 9.47 Å². The number of rotatable bonds is 1. The average molecular weight is 291 g/mol. The number of hydrogen-bond acceptors (Lipinski definition) is 4. The van der Waals surface area contributed by atoms with Gasteiger partial charge in [-0.25, -0.2) is 0 Å². The van der Waals surface area contributed by atoms with Crippen LogP contribution < -0.4 is 0 Å². The van der Waals surface area contributed by atoms with Crippen LogP contribution in [0.3, 0.4) is 0 Å². The van der Waals surface area contributed by atoms with E-state index in [0.29, 0.717) is 23.7 Å². The Kier molecular flexibility index (Phi) is 2.24. The SMILES string of the molecule is CC(C)C1C2C(=O)OC1[C@@]13OCCN1CC1CCC2[C@]13C. The molecule has 2 saturated carbocycles. The van der Waals surface area contributed by atoms with E-state index in [-0.39, 0.29) is 29.1 Å². The van der Waals surface area contributed by atoms with E-state index >= 15 is 0 Å². The van der Waals surface area contributed by atoms with Gasteiger partial charge in [0.25, 0.3) is 0 Å². The van der Waals surface area contributed by atoms with Crippen molar-refractivity contribution in [1.29, 1.82) is 0 Å². The summed E-state index contributed by atoms with van der Waals surface area (Å²) in [5.74, 6) is 2.09. The average Bonchev–Trinajstić information content (AvgIpc) is 3.09. The molecule has 0 N–H and O–H groups in total. The summed E-state index contributed by atoms with van der Waals surface area (Å²) in [6.45, 7) is 9.82. The molecule has 1 spiro atoms. The molecule has 3 aliphatic heterocycles. The van der Waals surface area contributed by atoms with Gasteiger partial charge >= 0.3 is 5.97 Å². The molecule has 0 aromatic heterocycles. The second-order valence-electron chi connectivity index (χ2n) is 8.36. The van der Waals surface area contributed by atoms with Crippen LogP contribution in [0.5, 0.6) is 0 Å². The maximum atomic E-state index is 12.6. The number of carbonyl (C=O) groups excluding carboxylic acids is 1. The third kappa shape index (κ3) is 1.12. The van der Waals surface area contributed by atoms with E-state index in [2.05, 4.69) is 25.7 Å². The van der Waals surface area contributed by atoms with Crippen LogP contribution in [0.2, 0.25) is 0 Å². The molecule has 7 atom stereocenters. The molecule has 0 radical (unpaired) electrons. The fraction of sp³-hybridized carbons (Fsp3) is 0.941. The summed E-state index contributed by atoms with van der Waals surface area (Å²) in [7, 11) is 0. The van der Waals surface area contributed by atoms with Crippen LogP contribution >= 0.6 is 0 Å². The number of ether oxygens (including phenoxy) is 2. The summed E-state index contributed by atoms with van der Waals surface area (Å²) in [6.07, 6.45) is 2.38. The van der Waals surface area contributed by atoms with E-state index in [9.17, 15) is 4.79 Å². The molecule has 4 heteroatoms. The predicted molar refractivity (Wildman–Crippen MR) is 76.3 cm³/mol. The minimum atomic E-state index is -0.323. The molecule has 4 nitrogen and oxygen atoms in total.